The molecular formula is C11H6BrCl2FN2O. The van der Waals surface area contributed by atoms with Crippen LogP contribution in [0.25, 0.3) is 0 Å². The molecule has 0 bridgehead atoms. The number of ether oxygens (including phenoxy) is 1. The Morgan fingerprint density at radius 3 is 2.61 bits per heavy atom. The summed E-state index contributed by atoms with van der Waals surface area (Å²) >= 11 is 14.7. The first-order chi connectivity index (χ1) is 8.45. The van der Waals surface area contributed by atoms with E-state index >= 15 is 0 Å². The molecule has 1 aromatic carbocycles. The second-order valence-electron chi connectivity index (χ2n) is 3.42. The molecule has 0 unspecified atom stereocenters. The number of rotatable bonds is 2. The van der Waals surface area contributed by atoms with Gasteiger partial charge in [-0.15, -0.1) is 0 Å². The van der Waals surface area contributed by atoms with Crippen molar-refractivity contribution in [3.05, 3.63) is 44.5 Å². The SMILES string of the molecule is Cc1cc(Oc2cc(F)c(Br)cc2Cl)nc(Cl)n1. The molecule has 1 aromatic heterocycles. The van der Waals surface area contributed by atoms with Crippen LogP contribution in [0.4, 0.5) is 4.39 Å². The molecule has 0 aliphatic heterocycles. The van der Waals surface area contributed by atoms with Crippen molar-refractivity contribution < 1.29 is 9.13 Å². The third-order valence-corrected chi connectivity index (χ3v) is 3.06. The van der Waals surface area contributed by atoms with E-state index in [1.54, 1.807) is 13.0 Å². The minimum atomic E-state index is -0.480. The van der Waals surface area contributed by atoms with Gasteiger partial charge >= 0.3 is 0 Å². The van der Waals surface area contributed by atoms with Crippen LogP contribution in [0.5, 0.6) is 11.6 Å². The molecule has 0 aliphatic carbocycles. The summed E-state index contributed by atoms with van der Waals surface area (Å²) in [6.45, 7) is 1.74. The first kappa shape index (κ1) is 13.5. The Labute approximate surface area is 121 Å². The lowest BCUT2D eigenvalue weighted by molar-refractivity contribution is 0.456. The van der Waals surface area contributed by atoms with Crippen molar-refractivity contribution in [2.75, 3.05) is 0 Å². The normalized spacial score (nSPS) is 10.5. The van der Waals surface area contributed by atoms with E-state index in [4.69, 9.17) is 27.9 Å². The zero-order valence-electron chi connectivity index (χ0n) is 9.05. The van der Waals surface area contributed by atoms with Crippen LogP contribution in [-0.4, -0.2) is 9.97 Å². The highest BCUT2D eigenvalue weighted by Crippen LogP contribution is 2.33. The van der Waals surface area contributed by atoms with Gasteiger partial charge in [-0.05, 0) is 40.5 Å². The zero-order chi connectivity index (χ0) is 13.3. The largest absolute Gasteiger partial charge is 0.437 e. The predicted octanol–water partition coefficient (Wildman–Crippen LogP) is 4.79. The quantitative estimate of drug-likeness (QED) is 0.576. The Balaban J connectivity index is 2.36. The average Bonchev–Trinajstić information content (AvgIpc) is 2.24. The van der Waals surface area contributed by atoms with Gasteiger partial charge in [-0.2, -0.15) is 4.98 Å². The molecule has 0 aliphatic rings. The molecule has 0 atom stereocenters. The molecule has 0 amide bonds. The molecule has 3 nitrogen and oxygen atoms in total. The van der Waals surface area contributed by atoms with Crippen LogP contribution in [0.3, 0.4) is 0 Å². The maximum absolute atomic E-state index is 13.4. The van der Waals surface area contributed by atoms with Gasteiger partial charge in [0, 0.05) is 17.8 Å². The summed E-state index contributed by atoms with van der Waals surface area (Å²) in [6, 6.07) is 4.14. The number of hydrogen-bond donors (Lipinski definition) is 0. The Bertz CT molecular complexity index is 590. The van der Waals surface area contributed by atoms with Crippen LogP contribution >= 0.6 is 39.1 Å². The molecule has 0 saturated carbocycles. The summed E-state index contributed by atoms with van der Waals surface area (Å²) in [4.78, 5) is 7.75. The van der Waals surface area contributed by atoms with Crippen molar-refractivity contribution in [3.63, 3.8) is 0 Å². The van der Waals surface area contributed by atoms with E-state index in [-0.39, 0.29) is 26.4 Å². The number of aryl methyl sites for hydroxylation is 1. The van der Waals surface area contributed by atoms with Gasteiger partial charge in [-0.3, -0.25) is 0 Å². The van der Waals surface area contributed by atoms with Gasteiger partial charge in [0.2, 0.25) is 11.2 Å². The Hall–Kier alpha value is -0.910. The van der Waals surface area contributed by atoms with Crippen LogP contribution in [0.15, 0.2) is 22.7 Å². The maximum Gasteiger partial charge on any atom is 0.225 e. The molecule has 2 aromatic rings. The lowest BCUT2D eigenvalue weighted by Crippen LogP contribution is -1.94. The van der Waals surface area contributed by atoms with Crippen molar-refractivity contribution in [1.82, 2.24) is 9.97 Å². The van der Waals surface area contributed by atoms with Crippen LogP contribution in [0, 0.1) is 12.7 Å². The fourth-order valence-electron chi connectivity index (χ4n) is 1.25. The molecule has 7 heteroatoms. The van der Waals surface area contributed by atoms with E-state index in [1.807, 2.05) is 0 Å². The van der Waals surface area contributed by atoms with E-state index in [0.29, 0.717) is 5.69 Å². The van der Waals surface area contributed by atoms with Crippen LogP contribution in [-0.2, 0) is 0 Å². The Morgan fingerprint density at radius 1 is 1.22 bits per heavy atom. The van der Waals surface area contributed by atoms with E-state index in [1.165, 1.54) is 6.07 Å². The van der Waals surface area contributed by atoms with Crippen molar-refractivity contribution in [2.45, 2.75) is 6.92 Å². The second kappa shape index (κ2) is 5.38. The molecule has 94 valence electrons. The Kier molecular flexibility index (Phi) is 4.04. The fraction of sp³-hybridized carbons (Fsp3) is 0.0909. The summed E-state index contributed by atoms with van der Waals surface area (Å²) in [5, 5.41) is 0.314. The van der Waals surface area contributed by atoms with E-state index in [0.717, 1.165) is 6.07 Å². The van der Waals surface area contributed by atoms with E-state index in [9.17, 15) is 4.39 Å². The summed E-state index contributed by atoms with van der Waals surface area (Å²) in [5.41, 5.74) is 0.638. The lowest BCUT2D eigenvalue weighted by Gasteiger charge is -2.08. The van der Waals surface area contributed by atoms with E-state index in [2.05, 4.69) is 25.9 Å². The summed E-state index contributed by atoms with van der Waals surface area (Å²) < 4.78 is 19.0. The molecule has 0 fully saturated rings. The lowest BCUT2D eigenvalue weighted by atomic mass is 10.3. The van der Waals surface area contributed by atoms with Gasteiger partial charge in [0.1, 0.15) is 5.82 Å². The molecule has 0 saturated heterocycles. The second-order valence-corrected chi connectivity index (χ2v) is 5.01. The van der Waals surface area contributed by atoms with Gasteiger partial charge in [0.15, 0.2) is 5.75 Å². The molecule has 18 heavy (non-hydrogen) atoms. The summed E-state index contributed by atoms with van der Waals surface area (Å²) in [6.07, 6.45) is 0. The first-order valence-corrected chi connectivity index (χ1v) is 6.34. The van der Waals surface area contributed by atoms with Gasteiger partial charge in [0.05, 0.1) is 9.50 Å². The van der Waals surface area contributed by atoms with Gasteiger partial charge < -0.3 is 4.74 Å². The fourth-order valence-corrected chi connectivity index (χ4v) is 2.15. The number of halogens is 4. The van der Waals surface area contributed by atoms with Crippen LogP contribution in [0.1, 0.15) is 5.69 Å². The molecule has 2 rings (SSSR count). The highest BCUT2D eigenvalue weighted by Gasteiger charge is 2.10. The minimum Gasteiger partial charge on any atom is -0.437 e. The standard InChI is InChI=1S/C11H6BrCl2FN2O/c1-5-2-10(17-11(14)16-5)18-9-4-8(15)6(12)3-7(9)13/h2-4H,1H3. The number of nitrogens with zero attached hydrogens (tertiary/aromatic N) is 2. The van der Waals surface area contributed by atoms with Crippen molar-refractivity contribution in [1.29, 1.82) is 0 Å². The van der Waals surface area contributed by atoms with Gasteiger partial charge in [-0.1, -0.05) is 11.6 Å². The maximum atomic E-state index is 13.4. The van der Waals surface area contributed by atoms with Gasteiger partial charge in [-0.25, -0.2) is 9.37 Å². The number of hydrogen-bond acceptors (Lipinski definition) is 3. The van der Waals surface area contributed by atoms with E-state index < -0.39 is 5.82 Å². The third-order valence-electron chi connectivity index (χ3n) is 1.99. The smallest absolute Gasteiger partial charge is 0.225 e. The Morgan fingerprint density at radius 2 is 1.94 bits per heavy atom. The highest BCUT2D eigenvalue weighted by atomic mass is 79.9. The molecular weight excluding hydrogens is 346 g/mol. The van der Waals surface area contributed by atoms with Crippen molar-refractivity contribution in [2.24, 2.45) is 0 Å². The van der Waals surface area contributed by atoms with Crippen molar-refractivity contribution >= 4 is 39.1 Å². The summed E-state index contributed by atoms with van der Waals surface area (Å²) in [7, 11) is 0. The molecule has 1 heterocycles. The highest BCUT2D eigenvalue weighted by molar-refractivity contribution is 9.10. The molecule has 0 spiro atoms. The first-order valence-electron chi connectivity index (χ1n) is 4.79. The summed E-state index contributed by atoms with van der Waals surface area (Å²) in [5.74, 6) is -0.117. The topological polar surface area (TPSA) is 35.0 Å². The van der Waals surface area contributed by atoms with Gasteiger partial charge in [0.25, 0.3) is 0 Å². The van der Waals surface area contributed by atoms with Crippen LogP contribution in [0.2, 0.25) is 10.3 Å². The van der Waals surface area contributed by atoms with Crippen LogP contribution < -0.4 is 4.74 Å². The number of aromatic nitrogens is 2. The third kappa shape index (κ3) is 3.10. The number of benzene rings is 1. The molecule has 0 radical (unpaired) electrons. The molecule has 0 N–H and O–H groups in total. The minimum absolute atomic E-state index is 0.0544. The van der Waals surface area contributed by atoms with Crippen molar-refractivity contribution in [3.8, 4) is 11.6 Å². The zero-order valence-corrected chi connectivity index (χ0v) is 12.1. The average molecular weight is 352 g/mol. The predicted molar refractivity (Wildman–Crippen MR) is 71.0 cm³/mol. The monoisotopic (exact) mass is 350 g/mol.